The Bertz CT molecular complexity index is 515. The molecule has 21 heavy (non-hydrogen) atoms. The molecular formula is C16H23NO4. The van der Waals surface area contributed by atoms with E-state index in [0.717, 1.165) is 30.4 Å². The highest BCUT2D eigenvalue weighted by atomic mass is 16.5. The minimum atomic E-state index is -0.724. The average Bonchev–Trinajstić information content (AvgIpc) is 2.66. The van der Waals surface area contributed by atoms with Crippen LogP contribution in [0.25, 0.3) is 0 Å². The molecule has 0 radical (unpaired) electrons. The van der Waals surface area contributed by atoms with Gasteiger partial charge in [0.15, 0.2) is 11.5 Å². The van der Waals surface area contributed by atoms with E-state index < -0.39 is 6.10 Å². The highest BCUT2D eigenvalue weighted by Crippen LogP contribution is 2.40. The van der Waals surface area contributed by atoms with Gasteiger partial charge in [0.2, 0.25) is 5.91 Å². The second-order valence-electron chi connectivity index (χ2n) is 5.23. The Hall–Kier alpha value is -1.75. The van der Waals surface area contributed by atoms with Crippen molar-refractivity contribution in [3.05, 3.63) is 23.3 Å². The minimum absolute atomic E-state index is 0.0389. The summed E-state index contributed by atoms with van der Waals surface area (Å²) in [5.41, 5.74) is 1.78. The zero-order chi connectivity index (χ0) is 15.4. The van der Waals surface area contributed by atoms with Gasteiger partial charge < -0.3 is 19.9 Å². The molecule has 1 amide bonds. The highest BCUT2D eigenvalue weighted by Gasteiger charge is 2.29. The van der Waals surface area contributed by atoms with Crippen molar-refractivity contribution in [2.45, 2.75) is 44.8 Å². The number of ether oxygens (including phenoxy) is 2. The second kappa shape index (κ2) is 6.80. The molecule has 0 bridgehead atoms. The van der Waals surface area contributed by atoms with E-state index in [2.05, 4.69) is 5.32 Å². The van der Waals surface area contributed by atoms with Crippen LogP contribution < -0.4 is 14.8 Å². The maximum absolute atomic E-state index is 11.6. The fourth-order valence-corrected chi connectivity index (χ4v) is 2.87. The van der Waals surface area contributed by atoms with Crippen molar-refractivity contribution in [3.63, 3.8) is 0 Å². The summed E-state index contributed by atoms with van der Waals surface area (Å²) in [6.07, 6.45) is 2.11. The third-order valence-corrected chi connectivity index (χ3v) is 3.99. The number of carbonyl (C=O) groups excluding carboxylic acids is 1. The molecule has 0 fully saturated rings. The smallest absolute Gasteiger partial charge is 0.220 e. The molecule has 1 aromatic rings. The molecule has 2 unspecified atom stereocenters. The molecule has 1 aliphatic carbocycles. The predicted molar refractivity (Wildman–Crippen MR) is 79.7 cm³/mol. The molecule has 0 saturated carbocycles. The van der Waals surface area contributed by atoms with Gasteiger partial charge in [-0.15, -0.1) is 0 Å². The summed E-state index contributed by atoms with van der Waals surface area (Å²) in [6, 6.07) is 3.40. The number of aliphatic hydroxyl groups excluding tert-OH is 1. The van der Waals surface area contributed by atoms with Crippen molar-refractivity contribution in [1.29, 1.82) is 0 Å². The van der Waals surface area contributed by atoms with Crippen molar-refractivity contribution >= 4 is 5.91 Å². The Morgan fingerprint density at radius 1 is 1.38 bits per heavy atom. The summed E-state index contributed by atoms with van der Waals surface area (Å²) in [7, 11) is 3.20. The molecular weight excluding hydrogens is 270 g/mol. The summed E-state index contributed by atoms with van der Waals surface area (Å²) < 4.78 is 10.8. The van der Waals surface area contributed by atoms with E-state index in [-0.39, 0.29) is 11.9 Å². The Labute approximate surface area is 125 Å². The van der Waals surface area contributed by atoms with E-state index in [4.69, 9.17) is 9.47 Å². The van der Waals surface area contributed by atoms with Crippen LogP contribution in [0.3, 0.4) is 0 Å². The van der Waals surface area contributed by atoms with Crippen molar-refractivity contribution < 1.29 is 19.4 Å². The largest absolute Gasteiger partial charge is 0.493 e. The van der Waals surface area contributed by atoms with Gasteiger partial charge in [0.25, 0.3) is 0 Å². The Balaban J connectivity index is 2.36. The topological polar surface area (TPSA) is 67.8 Å². The van der Waals surface area contributed by atoms with Crippen LogP contribution in [0.2, 0.25) is 0 Å². The van der Waals surface area contributed by atoms with Crippen molar-refractivity contribution in [2.75, 3.05) is 14.2 Å². The molecule has 1 aromatic carbocycles. The summed E-state index contributed by atoms with van der Waals surface area (Å²) >= 11 is 0. The Morgan fingerprint density at radius 2 is 2.14 bits per heavy atom. The fraction of sp³-hybridized carbons (Fsp3) is 0.562. The molecule has 0 heterocycles. The molecule has 2 N–H and O–H groups in total. The van der Waals surface area contributed by atoms with E-state index in [1.807, 2.05) is 6.07 Å². The van der Waals surface area contributed by atoms with Gasteiger partial charge >= 0.3 is 0 Å². The summed E-state index contributed by atoms with van der Waals surface area (Å²) in [5, 5.41) is 13.5. The van der Waals surface area contributed by atoms with Crippen LogP contribution in [-0.2, 0) is 11.2 Å². The SMILES string of the molecule is CCC(=O)NC1CCCc2c(ccc(OC)c2OC)C1O. The van der Waals surface area contributed by atoms with Crippen LogP contribution in [0, 0.1) is 0 Å². The maximum atomic E-state index is 11.6. The molecule has 5 heteroatoms. The molecule has 116 valence electrons. The highest BCUT2D eigenvalue weighted by molar-refractivity contribution is 5.76. The lowest BCUT2D eigenvalue weighted by Gasteiger charge is -2.24. The number of fused-ring (bicyclic) bond motifs is 1. The number of hydrogen-bond donors (Lipinski definition) is 2. The van der Waals surface area contributed by atoms with Gasteiger partial charge in [-0.25, -0.2) is 0 Å². The van der Waals surface area contributed by atoms with Crippen LogP contribution in [-0.4, -0.2) is 31.3 Å². The number of nitrogens with one attached hydrogen (secondary N) is 1. The van der Waals surface area contributed by atoms with Crippen LogP contribution in [0.15, 0.2) is 12.1 Å². The van der Waals surface area contributed by atoms with Gasteiger partial charge in [0, 0.05) is 12.0 Å². The van der Waals surface area contributed by atoms with Crippen molar-refractivity contribution in [3.8, 4) is 11.5 Å². The number of carbonyl (C=O) groups is 1. The predicted octanol–water partition coefficient (Wildman–Crippen LogP) is 1.97. The van der Waals surface area contributed by atoms with Crippen LogP contribution in [0.1, 0.15) is 43.4 Å². The molecule has 0 aromatic heterocycles. The van der Waals surface area contributed by atoms with Crippen LogP contribution >= 0.6 is 0 Å². The monoisotopic (exact) mass is 293 g/mol. The zero-order valence-corrected chi connectivity index (χ0v) is 12.8. The average molecular weight is 293 g/mol. The van der Waals surface area contributed by atoms with E-state index in [9.17, 15) is 9.90 Å². The number of rotatable bonds is 4. The van der Waals surface area contributed by atoms with Crippen LogP contribution in [0.4, 0.5) is 0 Å². The normalized spacial score (nSPS) is 21.1. The number of aliphatic hydroxyl groups is 1. The summed E-state index contributed by atoms with van der Waals surface area (Å²) in [5.74, 6) is 1.30. The van der Waals surface area contributed by atoms with Gasteiger partial charge in [0.05, 0.1) is 26.4 Å². The molecule has 0 aliphatic heterocycles. The second-order valence-corrected chi connectivity index (χ2v) is 5.23. The standard InChI is InChI=1S/C16H23NO4/c1-4-14(18)17-12-7-5-6-11-10(15(12)19)8-9-13(20-2)16(11)21-3/h8-9,12,15,19H,4-7H2,1-3H3,(H,17,18). The first-order valence-corrected chi connectivity index (χ1v) is 7.33. The number of hydrogen-bond acceptors (Lipinski definition) is 4. The lowest BCUT2D eigenvalue weighted by atomic mass is 9.97. The molecule has 2 atom stereocenters. The lowest BCUT2D eigenvalue weighted by molar-refractivity contribution is -0.122. The van der Waals surface area contributed by atoms with E-state index >= 15 is 0 Å². The first-order valence-electron chi connectivity index (χ1n) is 7.33. The van der Waals surface area contributed by atoms with Crippen LogP contribution in [0.5, 0.6) is 11.5 Å². The van der Waals surface area contributed by atoms with Gasteiger partial charge in [-0.2, -0.15) is 0 Å². The van der Waals surface area contributed by atoms with Gasteiger partial charge in [-0.3, -0.25) is 4.79 Å². The Morgan fingerprint density at radius 3 is 2.76 bits per heavy atom. The van der Waals surface area contributed by atoms with E-state index in [1.165, 1.54) is 0 Å². The van der Waals surface area contributed by atoms with E-state index in [1.54, 1.807) is 27.2 Å². The third kappa shape index (κ3) is 3.13. The number of methoxy groups -OCH3 is 2. The molecule has 5 nitrogen and oxygen atoms in total. The first kappa shape index (κ1) is 15.6. The van der Waals surface area contributed by atoms with Gasteiger partial charge in [-0.1, -0.05) is 13.0 Å². The fourth-order valence-electron chi connectivity index (χ4n) is 2.87. The molecule has 2 rings (SSSR count). The maximum Gasteiger partial charge on any atom is 0.220 e. The zero-order valence-electron chi connectivity index (χ0n) is 12.8. The summed E-state index contributed by atoms with van der Waals surface area (Å²) in [6.45, 7) is 1.81. The minimum Gasteiger partial charge on any atom is -0.493 e. The number of amides is 1. The van der Waals surface area contributed by atoms with Gasteiger partial charge in [-0.05, 0) is 30.9 Å². The molecule has 1 aliphatic rings. The first-order chi connectivity index (χ1) is 10.1. The number of benzene rings is 1. The molecule has 0 spiro atoms. The van der Waals surface area contributed by atoms with Crippen molar-refractivity contribution in [2.24, 2.45) is 0 Å². The third-order valence-electron chi connectivity index (χ3n) is 3.99. The van der Waals surface area contributed by atoms with Crippen molar-refractivity contribution in [1.82, 2.24) is 5.32 Å². The molecule has 0 saturated heterocycles. The van der Waals surface area contributed by atoms with E-state index in [0.29, 0.717) is 17.9 Å². The van der Waals surface area contributed by atoms with Gasteiger partial charge in [0.1, 0.15) is 0 Å². The Kier molecular flexibility index (Phi) is 5.07. The lowest BCUT2D eigenvalue weighted by Crippen LogP contribution is -2.38. The quantitative estimate of drug-likeness (QED) is 0.833. The summed E-state index contributed by atoms with van der Waals surface area (Å²) in [4.78, 5) is 11.6.